The monoisotopic (exact) mass is 576 g/mol. The molecule has 0 radical (unpaired) electrons. The molecule has 206 valence electrons. The van der Waals surface area contributed by atoms with Crippen LogP contribution < -0.4 is 4.72 Å². The van der Waals surface area contributed by atoms with Gasteiger partial charge in [-0.1, -0.05) is 35.9 Å². The zero-order valence-corrected chi connectivity index (χ0v) is 23.5. The molecule has 0 spiro atoms. The van der Waals surface area contributed by atoms with Crippen LogP contribution >= 0.6 is 0 Å². The zero-order chi connectivity index (χ0) is 27.8. The zero-order valence-electron chi connectivity index (χ0n) is 21.9. The lowest BCUT2D eigenvalue weighted by molar-refractivity contribution is 0.0882. The minimum atomic E-state index is -3.85. The molecule has 2 bridgehead atoms. The maximum atomic E-state index is 13.5. The van der Waals surface area contributed by atoms with Crippen molar-refractivity contribution in [3.8, 4) is 0 Å². The van der Waals surface area contributed by atoms with Crippen molar-refractivity contribution in [1.82, 2.24) is 28.3 Å². The molecule has 0 amide bonds. The molecule has 10 nitrogen and oxygen atoms in total. The molecule has 3 aliphatic carbocycles. The highest BCUT2D eigenvalue weighted by atomic mass is 32.2. The van der Waals surface area contributed by atoms with Crippen LogP contribution in [0.4, 0.5) is 0 Å². The van der Waals surface area contributed by atoms with Gasteiger partial charge in [0.15, 0.2) is 11.3 Å². The van der Waals surface area contributed by atoms with Crippen LogP contribution in [0.1, 0.15) is 49.9 Å². The summed E-state index contributed by atoms with van der Waals surface area (Å²) in [5.74, 6) is 0.777. The van der Waals surface area contributed by atoms with Crippen LogP contribution in [0.25, 0.3) is 16.8 Å². The summed E-state index contributed by atoms with van der Waals surface area (Å²) in [6, 6.07) is 17.0. The van der Waals surface area contributed by atoms with Gasteiger partial charge in [0.05, 0.1) is 21.5 Å². The number of sulfonamides is 1. The lowest BCUT2D eigenvalue weighted by Crippen LogP contribution is -2.58. The van der Waals surface area contributed by atoms with Crippen molar-refractivity contribution in [3.63, 3.8) is 0 Å². The number of nitrogens with zero attached hydrogens (tertiary/aromatic N) is 5. The quantitative estimate of drug-likeness (QED) is 0.324. The maximum Gasteiger partial charge on any atom is 0.269 e. The van der Waals surface area contributed by atoms with Crippen molar-refractivity contribution < 1.29 is 16.8 Å². The molecule has 3 heterocycles. The largest absolute Gasteiger partial charge is 0.274 e. The van der Waals surface area contributed by atoms with Gasteiger partial charge in [0.2, 0.25) is 10.0 Å². The Balaban J connectivity index is 1.24. The van der Waals surface area contributed by atoms with Gasteiger partial charge in [-0.05, 0) is 75.8 Å². The summed E-state index contributed by atoms with van der Waals surface area (Å²) in [5, 5.41) is 8.99. The average molecular weight is 577 g/mol. The molecule has 0 atom stereocenters. The Labute approximate surface area is 232 Å². The molecule has 3 aliphatic rings. The lowest BCUT2D eigenvalue weighted by atomic mass is 9.57. The maximum absolute atomic E-state index is 13.5. The fourth-order valence-electron chi connectivity index (χ4n) is 6.41. The Morgan fingerprint density at radius 3 is 2.15 bits per heavy atom. The van der Waals surface area contributed by atoms with E-state index in [4.69, 9.17) is 0 Å². The molecule has 3 saturated carbocycles. The first-order valence-corrected chi connectivity index (χ1v) is 16.2. The highest BCUT2D eigenvalue weighted by molar-refractivity contribution is 7.90. The van der Waals surface area contributed by atoms with E-state index in [-0.39, 0.29) is 15.2 Å². The second-order valence-corrected chi connectivity index (χ2v) is 14.6. The minimum Gasteiger partial charge on any atom is -0.274 e. The van der Waals surface area contributed by atoms with Crippen LogP contribution in [0.3, 0.4) is 0 Å². The van der Waals surface area contributed by atoms with Gasteiger partial charge in [-0.25, -0.2) is 30.5 Å². The molecular formula is C28H28N6O4S2. The van der Waals surface area contributed by atoms with E-state index in [1.807, 2.05) is 11.3 Å². The first-order chi connectivity index (χ1) is 19.1. The van der Waals surface area contributed by atoms with Gasteiger partial charge < -0.3 is 0 Å². The average Bonchev–Trinajstić information content (AvgIpc) is 3.60. The Kier molecular flexibility index (Phi) is 5.51. The molecule has 0 aliphatic heterocycles. The molecule has 0 saturated heterocycles. The van der Waals surface area contributed by atoms with Crippen molar-refractivity contribution >= 4 is 36.9 Å². The molecule has 12 heteroatoms. The van der Waals surface area contributed by atoms with Crippen molar-refractivity contribution in [1.29, 1.82) is 0 Å². The van der Waals surface area contributed by atoms with Crippen LogP contribution in [0.2, 0.25) is 0 Å². The number of benzene rings is 2. The van der Waals surface area contributed by atoms with Gasteiger partial charge in [-0.2, -0.15) is 0 Å². The number of hydrogen-bond acceptors (Lipinski definition) is 7. The standard InChI is InChI=1S/C28H28N6O4S2/c1-20-7-9-22(10-8-20)40(37,38)33-18-11-23-25(33)29-19-24-30-31-26(34(23)24)27-12-15-28(16-13-27,17-14-27)32-39(35,36)21-5-3-2-4-6-21/h2-11,18-19,32H,12-17H2,1H3. The van der Waals surface area contributed by atoms with E-state index >= 15 is 0 Å². The van der Waals surface area contributed by atoms with E-state index in [9.17, 15) is 16.8 Å². The van der Waals surface area contributed by atoms with E-state index in [0.717, 1.165) is 30.7 Å². The number of nitrogens with one attached hydrogen (secondary N) is 1. The second-order valence-electron chi connectivity index (χ2n) is 11.1. The predicted octanol–water partition coefficient (Wildman–Crippen LogP) is 3.95. The Bertz CT molecular complexity index is 1960. The van der Waals surface area contributed by atoms with Gasteiger partial charge in [0.25, 0.3) is 10.0 Å². The van der Waals surface area contributed by atoms with E-state index in [1.165, 1.54) is 10.2 Å². The highest BCUT2D eigenvalue weighted by Crippen LogP contribution is 2.53. The van der Waals surface area contributed by atoms with Crippen molar-refractivity contribution in [2.45, 2.75) is 66.2 Å². The number of aryl methyl sites for hydroxylation is 1. The molecule has 8 rings (SSSR count). The van der Waals surface area contributed by atoms with Crippen molar-refractivity contribution in [2.75, 3.05) is 0 Å². The van der Waals surface area contributed by atoms with E-state index in [2.05, 4.69) is 19.9 Å². The van der Waals surface area contributed by atoms with Crippen LogP contribution in [-0.2, 0) is 25.5 Å². The van der Waals surface area contributed by atoms with Gasteiger partial charge in [0.1, 0.15) is 5.82 Å². The normalized spacial score (nSPS) is 23.2. The van der Waals surface area contributed by atoms with E-state index in [0.29, 0.717) is 36.1 Å². The summed E-state index contributed by atoms with van der Waals surface area (Å²) in [6.45, 7) is 1.91. The first kappa shape index (κ1) is 25.4. The molecule has 2 aromatic carbocycles. The van der Waals surface area contributed by atoms with Gasteiger partial charge in [-0.15, -0.1) is 10.2 Å². The SMILES string of the molecule is Cc1ccc(S(=O)(=O)n2ccc3c2ncc2nnc(C45CCC(NS(=O)(=O)c6ccccc6)(CC4)CC5)n23)cc1. The predicted molar refractivity (Wildman–Crippen MR) is 149 cm³/mol. The second kappa shape index (κ2) is 8.69. The molecule has 3 fully saturated rings. The minimum absolute atomic E-state index is 0.189. The number of rotatable bonds is 6. The van der Waals surface area contributed by atoms with Gasteiger partial charge in [-0.3, -0.25) is 4.40 Å². The number of aromatic nitrogens is 5. The summed E-state index contributed by atoms with van der Waals surface area (Å²) in [6.07, 6.45) is 7.38. The molecule has 3 aromatic heterocycles. The number of hydrogen-bond donors (Lipinski definition) is 1. The van der Waals surface area contributed by atoms with Gasteiger partial charge in [0, 0.05) is 17.2 Å². The third-order valence-electron chi connectivity index (χ3n) is 8.74. The smallest absolute Gasteiger partial charge is 0.269 e. The van der Waals surface area contributed by atoms with E-state index in [1.54, 1.807) is 66.9 Å². The molecule has 1 N–H and O–H groups in total. The Morgan fingerprint density at radius 1 is 0.800 bits per heavy atom. The molecule has 5 aromatic rings. The fourth-order valence-corrected chi connectivity index (χ4v) is 9.22. The summed E-state index contributed by atoms with van der Waals surface area (Å²) in [4.78, 5) is 4.92. The van der Waals surface area contributed by atoms with Crippen LogP contribution in [-0.4, -0.2) is 45.9 Å². The van der Waals surface area contributed by atoms with E-state index < -0.39 is 25.6 Å². The Hall–Kier alpha value is -3.61. The lowest BCUT2D eigenvalue weighted by Gasteiger charge is -2.52. The van der Waals surface area contributed by atoms with Crippen LogP contribution in [0, 0.1) is 6.92 Å². The molecular weight excluding hydrogens is 548 g/mol. The third-order valence-corrected chi connectivity index (χ3v) is 12.0. The molecule has 0 unspecified atom stereocenters. The summed E-state index contributed by atoms with van der Waals surface area (Å²) in [7, 11) is -7.49. The third kappa shape index (κ3) is 3.80. The fraction of sp³-hybridized carbons (Fsp3) is 0.321. The van der Waals surface area contributed by atoms with Crippen LogP contribution in [0.5, 0.6) is 0 Å². The van der Waals surface area contributed by atoms with Crippen molar-refractivity contribution in [3.05, 3.63) is 84.4 Å². The van der Waals surface area contributed by atoms with Crippen molar-refractivity contribution in [2.24, 2.45) is 0 Å². The highest BCUT2D eigenvalue weighted by Gasteiger charge is 2.53. The molecule has 40 heavy (non-hydrogen) atoms. The summed E-state index contributed by atoms with van der Waals surface area (Å²) < 4.78 is 59.4. The number of fused-ring (bicyclic) bond motifs is 6. The summed E-state index contributed by atoms with van der Waals surface area (Å²) in [5.41, 5.74) is 1.68. The topological polar surface area (TPSA) is 128 Å². The Morgan fingerprint density at radius 2 is 1.48 bits per heavy atom. The van der Waals surface area contributed by atoms with Crippen LogP contribution in [0.15, 0.2) is 82.8 Å². The summed E-state index contributed by atoms with van der Waals surface area (Å²) >= 11 is 0. The first-order valence-electron chi connectivity index (χ1n) is 13.3. The van der Waals surface area contributed by atoms with Gasteiger partial charge >= 0.3 is 0 Å².